The van der Waals surface area contributed by atoms with Gasteiger partial charge >= 0.3 is 0 Å². The summed E-state index contributed by atoms with van der Waals surface area (Å²) in [6.07, 6.45) is 0. The van der Waals surface area contributed by atoms with Gasteiger partial charge in [-0.25, -0.2) is 4.68 Å². The smallest absolute Gasteiger partial charge is 0.272 e. The molecule has 0 fully saturated rings. The van der Waals surface area contributed by atoms with E-state index in [1.807, 2.05) is 24.3 Å². The first-order valence-electron chi connectivity index (χ1n) is 5.48. The van der Waals surface area contributed by atoms with Crippen molar-refractivity contribution in [2.75, 3.05) is 7.11 Å². The summed E-state index contributed by atoms with van der Waals surface area (Å²) in [5, 5.41) is 13.3. The predicted molar refractivity (Wildman–Crippen MR) is 67.4 cm³/mol. The Morgan fingerprint density at radius 1 is 1.33 bits per heavy atom. The van der Waals surface area contributed by atoms with Gasteiger partial charge < -0.3 is 9.84 Å². The molecule has 0 atom stereocenters. The van der Waals surface area contributed by atoms with Crippen molar-refractivity contribution in [3.8, 4) is 17.0 Å². The average Bonchev–Trinajstić information content (AvgIpc) is 2.42. The Morgan fingerprint density at radius 2 is 2.00 bits per heavy atom. The highest BCUT2D eigenvalue weighted by molar-refractivity contribution is 5.60. The number of nitrogens with zero attached hydrogens (tertiary/aromatic N) is 2. The molecule has 2 rings (SSSR count). The van der Waals surface area contributed by atoms with Crippen molar-refractivity contribution in [3.63, 3.8) is 0 Å². The summed E-state index contributed by atoms with van der Waals surface area (Å²) in [7, 11) is 3.16. The van der Waals surface area contributed by atoms with Crippen molar-refractivity contribution in [1.29, 1.82) is 0 Å². The zero-order valence-electron chi connectivity index (χ0n) is 10.3. The van der Waals surface area contributed by atoms with Gasteiger partial charge in [-0.1, -0.05) is 0 Å². The van der Waals surface area contributed by atoms with Crippen LogP contribution in [-0.4, -0.2) is 22.0 Å². The zero-order chi connectivity index (χ0) is 13.1. The third-order valence-electron chi connectivity index (χ3n) is 2.69. The molecule has 18 heavy (non-hydrogen) atoms. The summed E-state index contributed by atoms with van der Waals surface area (Å²) in [5.74, 6) is 0.756. The number of rotatable bonds is 3. The first-order chi connectivity index (χ1) is 8.65. The highest BCUT2D eigenvalue weighted by atomic mass is 16.5. The third-order valence-corrected chi connectivity index (χ3v) is 2.69. The van der Waals surface area contributed by atoms with E-state index in [0.29, 0.717) is 11.3 Å². The van der Waals surface area contributed by atoms with Crippen molar-refractivity contribution in [1.82, 2.24) is 9.78 Å². The van der Waals surface area contributed by atoms with E-state index in [-0.39, 0.29) is 12.2 Å². The van der Waals surface area contributed by atoms with Gasteiger partial charge in [0.2, 0.25) is 0 Å². The van der Waals surface area contributed by atoms with Crippen LogP contribution in [0.2, 0.25) is 0 Å². The second kappa shape index (κ2) is 5.01. The molecule has 0 saturated carbocycles. The summed E-state index contributed by atoms with van der Waals surface area (Å²) < 4.78 is 6.30. The van der Waals surface area contributed by atoms with Gasteiger partial charge in [-0.15, -0.1) is 0 Å². The maximum absolute atomic E-state index is 11.6. The lowest BCUT2D eigenvalue weighted by Crippen LogP contribution is -2.23. The number of aliphatic hydroxyl groups excluding tert-OH is 1. The van der Waals surface area contributed by atoms with Gasteiger partial charge in [0.05, 0.1) is 19.4 Å². The number of aromatic nitrogens is 2. The van der Waals surface area contributed by atoms with Crippen LogP contribution in [0.5, 0.6) is 5.75 Å². The lowest BCUT2D eigenvalue weighted by Gasteiger charge is -2.06. The normalized spacial score (nSPS) is 10.4. The second-order valence-electron chi connectivity index (χ2n) is 3.87. The quantitative estimate of drug-likeness (QED) is 0.875. The minimum atomic E-state index is -0.293. The molecule has 0 saturated heterocycles. The molecule has 94 valence electrons. The first kappa shape index (κ1) is 12.3. The highest BCUT2D eigenvalue weighted by Crippen LogP contribution is 2.20. The summed E-state index contributed by atoms with van der Waals surface area (Å²) in [6.45, 7) is -0.293. The summed E-state index contributed by atoms with van der Waals surface area (Å²) in [4.78, 5) is 11.6. The van der Waals surface area contributed by atoms with E-state index >= 15 is 0 Å². The Morgan fingerprint density at radius 3 is 2.56 bits per heavy atom. The van der Waals surface area contributed by atoms with Crippen molar-refractivity contribution in [2.24, 2.45) is 7.05 Å². The molecule has 5 heteroatoms. The van der Waals surface area contributed by atoms with Gasteiger partial charge in [0, 0.05) is 18.2 Å². The molecule has 0 amide bonds. The molecule has 0 aliphatic heterocycles. The van der Waals surface area contributed by atoms with Crippen LogP contribution < -0.4 is 10.3 Å². The van der Waals surface area contributed by atoms with Crippen LogP contribution in [0.25, 0.3) is 11.3 Å². The molecule has 5 nitrogen and oxygen atoms in total. The maximum atomic E-state index is 11.6. The third kappa shape index (κ3) is 2.26. The topological polar surface area (TPSA) is 64.3 Å². The van der Waals surface area contributed by atoms with Crippen LogP contribution in [0.1, 0.15) is 5.56 Å². The van der Waals surface area contributed by atoms with Gasteiger partial charge in [0.15, 0.2) is 0 Å². The maximum Gasteiger partial charge on any atom is 0.272 e. The number of aliphatic hydroxyl groups is 1. The molecule has 0 radical (unpaired) electrons. The predicted octanol–water partition coefficient (Wildman–Crippen LogP) is 0.948. The van der Waals surface area contributed by atoms with E-state index in [0.717, 1.165) is 11.3 Å². The van der Waals surface area contributed by atoms with E-state index in [9.17, 15) is 4.79 Å². The van der Waals surface area contributed by atoms with E-state index < -0.39 is 0 Å². The fraction of sp³-hybridized carbons (Fsp3) is 0.231. The van der Waals surface area contributed by atoms with Gasteiger partial charge in [0.1, 0.15) is 5.75 Å². The van der Waals surface area contributed by atoms with E-state index in [1.165, 1.54) is 4.68 Å². The average molecular weight is 246 g/mol. The number of methoxy groups -OCH3 is 1. The largest absolute Gasteiger partial charge is 0.497 e. The standard InChI is InChI=1S/C13H14N2O3/c1-15-13(17)10(8-16)7-12(14-15)9-3-5-11(18-2)6-4-9/h3-7,16H,8H2,1-2H3. The Balaban J connectivity index is 2.50. The molecule has 1 N–H and O–H groups in total. The molecule has 0 aliphatic rings. The molecule has 0 bridgehead atoms. The molecule has 0 aliphatic carbocycles. The van der Waals surface area contributed by atoms with Gasteiger partial charge in [-0.3, -0.25) is 4.79 Å². The van der Waals surface area contributed by atoms with Gasteiger partial charge in [0.25, 0.3) is 5.56 Å². The van der Waals surface area contributed by atoms with E-state index in [2.05, 4.69) is 5.10 Å². The summed E-state index contributed by atoms with van der Waals surface area (Å²) in [6, 6.07) is 8.95. The van der Waals surface area contributed by atoms with Crippen molar-refractivity contribution < 1.29 is 9.84 Å². The Kier molecular flexibility index (Phi) is 3.43. The van der Waals surface area contributed by atoms with Crippen LogP contribution in [0.15, 0.2) is 35.1 Å². The number of aryl methyl sites for hydroxylation is 1. The Bertz CT molecular complexity index is 603. The molecule has 1 aromatic heterocycles. The lowest BCUT2D eigenvalue weighted by atomic mass is 10.1. The fourth-order valence-electron chi connectivity index (χ4n) is 1.69. The molecule has 1 aromatic carbocycles. The number of hydrogen-bond donors (Lipinski definition) is 1. The molecule has 0 spiro atoms. The fourth-order valence-corrected chi connectivity index (χ4v) is 1.69. The number of hydrogen-bond acceptors (Lipinski definition) is 4. The van der Waals surface area contributed by atoms with Crippen LogP contribution in [-0.2, 0) is 13.7 Å². The molecular weight excluding hydrogens is 232 g/mol. The highest BCUT2D eigenvalue weighted by Gasteiger charge is 2.07. The van der Waals surface area contributed by atoms with Gasteiger partial charge in [-0.05, 0) is 30.3 Å². The first-order valence-corrected chi connectivity index (χ1v) is 5.48. The Hall–Kier alpha value is -2.14. The molecular formula is C13H14N2O3. The minimum absolute atomic E-state index is 0.283. The molecule has 0 unspecified atom stereocenters. The monoisotopic (exact) mass is 246 g/mol. The molecule has 2 aromatic rings. The van der Waals surface area contributed by atoms with Crippen molar-refractivity contribution in [3.05, 3.63) is 46.2 Å². The van der Waals surface area contributed by atoms with Crippen LogP contribution in [0, 0.1) is 0 Å². The lowest BCUT2D eigenvalue weighted by molar-refractivity contribution is 0.279. The zero-order valence-corrected chi connectivity index (χ0v) is 10.3. The van der Waals surface area contributed by atoms with Crippen LogP contribution in [0.4, 0.5) is 0 Å². The molecule has 1 heterocycles. The SMILES string of the molecule is COc1ccc(-c2cc(CO)c(=O)n(C)n2)cc1. The van der Waals surface area contributed by atoms with Crippen molar-refractivity contribution >= 4 is 0 Å². The Labute approximate surface area is 104 Å². The summed E-state index contributed by atoms with van der Waals surface area (Å²) >= 11 is 0. The number of ether oxygens (including phenoxy) is 1. The second-order valence-corrected chi connectivity index (χ2v) is 3.87. The van der Waals surface area contributed by atoms with Gasteiger partial charge in [-0.2, -0.15) is 5.10 Å². The van der Waals surface area contributed by atoms with Crippen molar-refractivity contribution in [2.45, 2.75) is 6.61 Å². The minimum Gasteiger partial charge on any atom is -0.497 e. The van der Waals surface area contributed by atoms with Crippen LogP contribution in [0.3, 0.4) is 0 Å². The van der Waals surface area contributed by atoms with Crippen LogP contribution >= 0.6 is 0 Å². The van der Waals surface area contributed by atoms with E-state index in [4.69, 9.17) is 9.84 Å². The van der Waals surface area contributed by atoms with E-state index in [1.54, 1.807) is 20.2 Å². The number of benzene rings is 1. The summed E-state index contributed by atoms with van der Waals surface area (Å²) in [5.41, 5.74) is 1.55.